The molecule has 2 aliphatic carbocycles. The molecule has 0 N–H and O–H groups in total. The van der Waals surface area contributed by atoms with E-state index in [0.29, 0.717) is 0 Å². The summed E-state index contributed by atoms with van der Waals surface area (Å²) in [6.45, 7) is 13.5. The number of anilines is 6. The van der Waals surface area contributed by atoms with Crippen molar-refractivity contribution in [3.8, 4) is 67.5 Å². The van der Waals surface area contributed by atoms with Gasteiger partial charge < -0.3 is 19.3 Å². The monoisotopic (exact) mass is 1110 g/mol. The van der Waals surface area contributed by atoms with Crippen LogP contribution in [-0.2, 0) is 16.2 Å². The van der Waals surface area contributed by atoms with Crippen LogP contribution in [0.5, 0.6) is 23.0 Å². The molecule has 412 valence electrons. The fraction of sp³-hybridized carbons (Fsp3) is 0.111. The van der Waals surface area contributed by atoms with Crippen LogP contribution in [0.4, 0.5) is 34.1 Å². The Kier molecular flexibility index (Phi) is 10.4. The summed E-state index contributed by atoms with van der Waals surface area (Å²) in [5, 5.41) is 0. The van der Waals surface area contributed by atoms with E-state index in [-0.39, 0.29) is 24.3 Å². The van der Waals surface area contributed by atoms with E-state index >= 15 is 0 Å². The van der Waals surface area contributed by atoms with Crippen molar-refractivity contribution in [2.45, 2.75) is 57.8 Å². The maximum Gasteiger partial charge on any atom is 0.256 e. The number of hydrogen-bond acceptors (Lipinski definition) is 4. The molecule has 0 bridgehead atoms. The Morgan fingerprint density at radius 2 is 0.805 bits per heavy atom. The number of fused-ring (bicyclic) bond motifs is 18. The molecule has 0 atom stereocenters. The third-order valence-electron chi connectivity index (χ3n) is 19.9. The summed E-state index contributed by atoms with van der Waals surface area (Å²) in [5.41, 5.74) is 30.7. The molecule has 4 aliphatic heterocycles. The molecular weight excluding hydrogens is 1050 g/mol. The Morgan fingerprint density at radius 3 is 1.41 bits per heavy atom. The second-order valence-corrected chi connectivity index (χ2v) is 26.6. The van der Waals surface area contributed by atoms with E-state index in [1.54, 1.807) is 0 Å². The molecule has 0 saturated carbocycles. The summed E-state index contributed by atoms with van der Waals surface area (Å²) in [6.07, 6.45) is 0. The van der Waals surface area contributed by atoms with Crippen molar-refractivity contribution < 1.29 is 9.47 Å². The minimum atomic E-state index is -0.542. The minimum absolute atomic E-state index is 0.0460. The van der Waals surface area contributed by atoms with Gasteiger partial charge in [-0.15, -0.1) is 0 Å². The molecule has 6 aliphatic rings. The van der Waals surface area contributed by atoms with Crippen molar-refractivity contribution in [1.29, 1.82) is 0 Å². The summed E-state index contributed by atoms with van der Waals surface area (Å²) in [5.74, 6) is 3.36. The summed E-state index contributed by atoms with van der Waals surface area (Å²) >= 11 is 0. The summed E-state index contributed by atoms with van der Waals surface area (Å²) < 4.78 is 15.2. The SMILES string of the molecule is CC(C)(C)c1ccc(N2c3ccccc3B3c4cc5c(cc4Oc4cc(C(C)(C)C)cc2c43)Oc2cc(-c3cccc4c3C3(c6ccccc6-c6ccccc63)c3ccccc3-4)cc3c2B5c2ccccc2N3c2ccccc2)c(-c2ccccc2)c1. The van der Waals surface area contributed by atoms with Crippen LogP contribution >= 0.6 is 0 Å². The number of hydrogen-bond donors (Lipinski definition) is 0. The van der Waals surface area contributed by atoms with Gasteiger partial charge in [-0.2, -0.15) is 0 Å². The molecule has 0 radical (unpaired) electrons. The summed E-state index contributed by atoms with van der Waals surface area (Å²) in [6, 6.07) is 95.6. The fourth-order valence-corrected chi connectivity index (χ4v) is 16.0. The van der Waals surface area contributed by atoms with Gasteiger partial charge in [-0.25, -0.2) is 0 Å². The molecule has 0 amide bonds. The van der Waals surface area contributed by atoms with E-state index in [2.05, 4.69) is 306 Å². The molecule has 6 heteroatoms. The predicted octanol–water partition coefficient (Wildman–Crippen LogP) is 16.8. The number of ether oxygens (including phenoxy) is 2. The lowest BCUT2D eigenvalue weighted by Crippen LogP contribution is -2.63. The molecule has 0 unspecified atom stereocenters. The fourth-order valence-electron chi connectivity index (χ4n) is 16.0. The van der Waals surface area contributed by atoms with Crippen molar-refractivity contribution in [3.63, 3.8) is 0 Å². The Hall–Kier alpha value is -10.0. The summed E-state index contributed by atoms with van der Waals surface area (Å²) in [7, 11) is 0. The first-order valence-electron chi connectivity index (χ1n) is 30.8. The second kappa shape index (κ2) is 18.0. The molecule has 12 aromatic carbocycles. The number of para-hydroxylation sites is 3. The molecular formula is C81H60B2N2O2. The van der Waals surface area contributed by atoms with Crippen LogP contribution in [0.15, 0.2) is 255 Å². The first-order valence-corrected chi connectivity index (χ1v) is 30.8. The first kappa shape index (κ1) is 50.3. The molecule has 18 rings (SSSR count). The topological polar surface area (TPSA) is 24.9 Å². The van der Waals surface area contributed by atoms with Gasteiger partial charge in [-0.1, -0.05) is 230 Å². The van der Waals surface area contributed by atoms with Gasteiger partial charge in [-0.3, -0.25) is 0 Å². The van der Waals surface area contributed by atoms with Gasteiger partial charge in [0.25, 0.3) is 13.4 Å². The third kappa shape index (κ3) is 6.98. The average Bonchev–Trinajstić information content (AvgIpc) is 1.58. The van der Waals surface area contributed by atoms with Crippen molar-refractivity contribution in [2.75, 3.05) is 9.80 Å². The third-order valence-corrected chi connectivity index (χ3v) is 19.9. The Bertz CT molecular complexity index is 4870. The van der Waals surface area contributed by atoms with Crippen molar-refractivity contribution in [2.24, 2.45) is 0 Å². The lowest BCUT2D eigenvalue weighted by atomic mass is 9.31. The average molecular weight is 1120 g/mol. The van der Waals surface area contributed by atoms with Gasteiger partial charge in [0.2, 0.25) is 0 Å². The van der Waals surface area contributed by atoms with Gasteiger partial charge in [0, 0.05) is 40.1 Å². The van der Waals surface area contributed by atoms with Crippen molar-refractivity contribution in [1.82, 2.24) is 0 Å². The van der Waals surface area contributed by atoms with E-state index in [1.807, 2.05) is 0 Å². The zero-order valence-corrected chi connectivity index (χ0v) is 49.6. The van der Waals surface area contributed by atoms with Gasteiger partial charge in [0.05, 0.1) is 11.1 Å². The van der Waals surface area contributed by atoms with Gasteiger partial charge in [-0.05, 0) is 177 Å². The minimum Gasteiger partial charge on any atom is -0.458 e. The number of benzene rings is 12. The van der Waals surface area contributed by atoms with E-state index < -0.39 is 5.41 Å². The van der Waals surface area contributed by atoms with Crippen LogP contribution in [-0.4, -0.2) is 13.4 Å². The van der Waals surface area contributed by atoms with Crippen LogP contribution in [0, 0.1) is 0 Å². The smallest absolute Gasteiger partial charge is 0.256 e. The summed E-state index contributed by atoms with van der Waals surface area (Å²) in [4.78, 5) is 5.02. The van der Waals surface area contributed by atoms with E-state index in [4.69, 9.17) is 9.47 Å². The van der Waals surface area contributed by atoms with Crippen LogP contribution in [0.2, 0.25) is 0 Å². The van der Waals surface area contributed by atoms with Gasteiger partial charge in [0.1, 0.15) is 23.0 Å². The quantitative estimate of drug-likeness (QED) is 0.164. The zero-order chi connectivity index (χ0) is 58.2. The van der Waals surface area contributed by atoms with Crippen LogP contribution in [0.3, 0.4) is 0 Å². The molecule has 0 aromatic heterocycles. The standard InChI is InChI=1S/C81H60B2N2O2/c1-79(2,3)51-40-41-67(59(44-51)49-24-9-7-10-25-49)85-69-39-22-20-37-64(69)83-66-47-65-72(48-73(66)87-75-46-52(80(4,5)6)45-71(85)78(75)83)86-74-43-50(42-70-77(74)82(65)63-36-19-21-38-68(63)84(70)53-26-11-8-12-27-53)54-31-23-32-58-57-30-15-18-35-62(57)81(76(54)58)60-33-16-13-28-55(60)56-29-14-17-34-61(56)81/h7-48H,1-6H3. The molecule has 1 spiro atoms. The van der Waals surface area contributed by atoms with E-state index in [9.17, 15) is 0 Å². The Morgan fingerprint density at radius 1 is 0.310 bits per heavy atom. The number of rotatable bonds is 4. The van der Waals surface area contributed by atoms with Crippen molar-refractivity contribution in [3.05, 3.63) is 288 Å². The van der Waals surface area contributed by atoms with Crippen LogP contribution in [0.1, 0.15) is 74.9 Å². The highest BCUT2D eigenvalue weighted by molar-refractivity contribution is 7.02. The predicted molar refractivity (Wildman–Crippen MR) is 363 cm³/mol. The molecule has 0 saturated heterocycles. The Balaban J connectivity index is 0.864. The van der Waals surface area contributed by atoms with E-state index in [1.165, 1.54) is 88.7 Å². The highest BCUT2D eigenvalue weighted by Crippen LogP contribution is 2.65. The lowest BCUT2D eigenvalue weighted by molar-refractivity contribution is 0.464. The normalized spacial score (nSPS) is 14.5. The van der Waals surface area contributed by atoms with Crippen LogP contribution in [0.25, 0.3) is 44.5 Å². The lowest BCUT2D eigenvalue weighted by Gasteiger charge is -2.43. The van der Waals surface area contributed by atoms with Crippen LogP contribution < -0.4 is 52.1 Å². The Labute approximate surface area is 510 Å². The van der Waals surface area contributed by atoms with Crippen molar-refractivity contribution >= 4 is 80.3 Å². The zero-order valence-electron chi connectivity index (χ0n) is 49.6. The number of nitrogens with zero attached hydrogens (tertiary/aromatic N) is 2. The molecule has 12 aromatic rings. The maximum absolute atomic E-state index is 7.65. The van der Waals surface area contributed by atoms with Gasteiger partial charge >= 0.3 is 0 Å². The largest absolute Gasteiger partial charge is 0.458 e. The second-order valence-electron chi connectivity index (χ2n) is 26.6. The highest BCUT2D eigenvalue weighted by atomic mass is 16.5. The first-order chi connectivity index (χ1) is 42.4. The van der Waals surface area contributed by atoms with Gasteiger partial charge in [0.15, 0.2) is 0 Å². The molecule has 0 fully saturated rings. The molecule has 4 heterocycles. The highest BCUT2D eigenvalue weighted by Gasteiger charge is 2.54. The maximum atomic E-state index is 7.65. The molecule has 4 nitrogen and oxygen atoms in total. The van der Waals surface area contributed by atoms with E-state index in [0.717, 1.165) is 79.1 Å². The molecule has 87 heavy (non-hydrogen) atoms.